The van der Waals surface area contributed by atoms with Crippen LogP contribution in [0.5, 0.6) is 0 Å². The molecule has 4 nitrogen and oxygen atoms in total. The molecule has 0 aliphatic rings. The van der Waals surface area contributed by atoms with Gasteiger partial charge < -0.3 is 14.3 Å². The molecule has 1 aromatic rings. The molecule has 1 N–H and O–H groups in total. The maximum absolute atomic E-state index is 11.2. The number of ether oxygens (including phenoxy) is 1. The van der Waals surface area contributed by atoms with Crippen LogP contribution in [-0.2, 0) is 4.74 Å². The van der Waals surface area contributed by atoms with Crippen molar-refractivity contribution in [3.63, 3.8) is 0 Å². The molecule has 0 saturated carbocycles. The second-order valence-corrected chi connectivity index (χ2v) is 5.25. The molecule has 1 rings (SSSR count). The Morgan fingerprint density at radius 2 is 2.25 bits per heavy atom. The summed E-state index contributed by atoms with van der Waals surface area (Å²) in [6.45, 7) is 4.03. The van der Waals surface area contributed by atoms with Gasteiger partial charge >= 0.3 is 5.97 Å². The zero-order valence-corrected chi connectivity index (χ0v) is 10.4. The lowest BCUT2D eigenvalue weighted by Gasteiger charge is -2.12. The van der Waals surface area contributed by atoms with Crippen molar-refractivity contribution in [2.24, 2.45) is 0 Å². The van der Waals surface area contributed by atoms with E-state index in [0.717, 1.165) is 0 Å². The maximum atomic E-state index is 11.2. The average molecular weight is 244 g/mol. The number of rotatable bonds is 5. The number of hydrogen-bond acceptors (Lipinski definition) is 5. The molecule has 0 spiro atoms. The first-order valence-corrected chi connectivity index (χ1v) is 5.97. The van der Waals surface area contributed by atoms with Gasteiger partial charge in [0, 0.05) is 5.25 Å². The van der Waals surface area contributed by atoms with Crippen molar-refractivity contribution in [3.8, 4) is 0 Å². The van der Waals surface area contributed by atoms with Crippen LogP contribution in [0.2, 0.25) is 0 Å². The Balaban J connectivity index is 2.66. The summed E-state index contributed by atoms with van der Waals surface area (Å²) in [6.07, 6.45) is 0. The van der Waals surface area contributed by atoms with Gasteiger partial charge in [-0.25, -0.2) is 4.79 Å². The summed E-state index contributed by atoms with van der Waals surface area (Å²) in [4.78, 5) is 11.2. The Hall–Kier alpha value is -0.940. The summed E-state index contributed by atoms with van der Waals surface area (Å²) >= 11 is 1.59. The van der Waals surface area contributed by atoms with Gasteiger partial charge in [0.15, 0.2) is 0 Å². The van der Waals surface area contributed by atoms with Crippen LogP contribution in [0.4, 0.5) is 0 Å². The Bertz CT molecular complexity index is 348. The Morgan fingerprint density at radius 3 is 2.81 bits per heavy atom. The SMILES string of the molecule is COC(=O)c1ccc(C(C)SC(C)CO)o1. The van der Waals surface area contributed by atoms with Crippen LogP contribution < -0.4 is 0 Å². The molecule has 0 fully saturated rings. The smallest absolute Gasteiger partial charge is 0.373 e. The molecule has 1 heterocycles. The van der Waals surface area contributed by atoms with Crippen molar-refractivity contribution in [1.29, 1.82) is 0 Å². The maximum Gasteiger partial charge on any atom is 0.373 e. The summed E-state index contributed by atoms with van der Waals surface area (Å²) < 4.78 is 9.92. The van der Waals surface area contributed by atoms with Crippen LogP contribution in [0.3, 0.4) is 0 Å². The molecule has 1 aromatic heterocycles. The molecular weight excluding hydrogens is 228 g/mol. The van der Waals surface area contributed by atoms with Crippen LogP contribution in [0.15, 0.2) is 16.5 Å². The van der Waals surface area contributed by atoms with Crippen molar-refractivity contribution in [2.45, 2.75) is 24.3 Å². The highest BCUT2D eigenvalue weighted by atomic mass is 32.2. The Labute approximate surface area is 99.0 Å². The quantitative estimate of drug-likeness (QED) is 0.805. The second-order valence-electron chi connectivity index (χ2n) is 3.47. The molecule has 5 heteroatoms. The topological polar surface area (TPSA) is 59.7 Å². The number of aliphatic hydroxyl groups excluding tert-OH is 1. The first kappa shape index (κ1) is 13.1. The molecule has 0 radical (unpaired) electrons. The second kappa shape index (κ2) is 5.96. The number of aliphatic hydroxyl groups is 1. The summed E-state index contributed by atoms with van der Waals surface area (Å²) in [5.74, 6) is 0.450. The average Bonchev–Trinajstić information content (AvgIpc) is 2.77. The minimum absolute atomic E-state index is 0.0977. The minimum Gasteiger partial charge on any atom is -0.463 e. The van der Waals surface area contributed by atoms with Crippen LogP contribution >= 0.6 is 11.8 Å². The Kier molecular flexibility index (Phi) is 4.89. The van der Waals surface area contributed by atoms with E-state index in [9.17, 15) is 4.79 Å². The van der Waals surface area contributed by atoms with Gasteiger partial charge in [-0.1, -0.05) is 6.92 Å². The van der Waals surface area contributed by atoms with Gasteiger partial charge in [0.05, 0.1) is 19.0 Å². The highest BCUT2D eigenvalue weighted by Gasteiger charge is 2.17. The molecular formula is C11H16O4S. The molecule has 0 aliphatic carbocycles. The molecule has 0 saturated heterocycles. The van der Waals surface area contributed by atoms with Gasteiger partial charge in [-0.15, -0.1) is 11.8 Å². The van der Waals surface area contributed by atoms with Crippen molar-refractivity contribution in [2.75, 3.05) is 13.7 Å². The summed E-state index contributed by atoms with van der Waals surface area (Å²) in [5.41, 5.74) is 0. The van der Waals surface area contributed by atoms with Crippen molar-refractivity contribution in [1.82, 2.24) is 0 Å². The molecule has 2 atom stereocenters. The van der Waals surface area contributed by atoms with Crippen molar-refractivity contribution in [3.05, 3.63) is 23.7 Å². The summed E-state index contributed by atoms with van der Waals surface area (Å²) in [6, 6.07) is 3.36. The number of carbonyl (C=O) groups excluding carboxylic acids is 1. The zero-order chi connectivity index (χ0) is 12.1. The van der Waals surface area contributed by atoms with Gasteiger partial charge in [0.2, 0.25) is 5.76 Å². The number of carbonyl (C=O) groups is 1. The van der Waals surface area contributed by atoms with Gasteiger partial charge in [-0.3, -0.25) is 0 Å². The monoisotopic (exact) mass is 244 g/mol. The van der Waals surface area contributed by atoms with Gasteiger partial charge in [-0.2, -0.15) is 0 Å². The fraction of sp³-hybridized carbons (Fsp3) is 0.545. The van der Waals surface area contributed by atoms with Crippen LogP contribution in [0.1, 0.15) is 35.4 Å². The highest BCUT2D eigenvalue weighted by Crippen LogP contribution is 2.32. The van der Waals surface area contributed by atoms with Crippen LogP contribution in [0.25, 0.3) is 0 Å². The van der Waals surface area contributed by atoms with E-state index in [1.165, 1.54) is 7.11 Å². The third kappa shape index (κ3) is 3.28. The molecule has 90 valence electrons. The van der Waals surface area contributed by atoms with E-state index in [2.05, 4.69) is 4.74 Å². The van der Waals surface area contributed by atoms with E-state index in [4.69, 9.17) is 9.52 Å². The van der Waals surface area contributed by atoms with Crippen molar-refractivity contribution < 1.29 is 19.1 Å². The number of thioether (sulfide) groups is 1. The number of esters is 1. The molecule has 0 bridgehead atoms. The fourth-order valence-corrected chi connectivity index (χ4v) is 2.28. The lowest BCUT2D eigenvalue weighted by atomic mass is 10.3. The lowest BCUT2D eigenvalue weighted by molar-refractivity contribution is 0.0563. The van der Waals surface area contributed by atoms with Crippen LogP contribution in [-0.4, -0.2) is 30.0 Å². The summed E-state index contributed by atoms with van der Waals surface area (Å²) in [5, 5.41) is 9.17. The first-order valence-electron chi connectivity index (χ1n) is 5.02. The summed E-state index contributed by atoms with van der Waals surface area (Å²) in [7, 11) is 1.32. The van der Waals surface area contributed by atoms with E-state index in [1.807, 2.05) is 13.8 Å². The first-order chi connectivity index (χ1) is 7.58. The van der Waals surface area contributed by atoms with E-state index < -0.39 is 5.97 Å². The number of hydrogen-bond donors (Lipinski definition) is 1. The van der Waals surface area contributed by atoms with Crippen molar-refractivity contribution >= 4 is 17.7 Å². The molecule has 0 amide bonds. The Morgan fingerprint density at radius 1 is 1.56 bits per heavy atom. The van der Waals surface area contributed by atoms with Gasteiger partial charge in [0.25, 0.3) is 0 Å². The molecule has 0 aromatic carbocycles. The highest BCUT2D eigenvalue weighted by molar-refractivity contribution is 8.00. The molecule has 16 heavy (non-hydrogen) atoms. The third-order valence-electron chi connectivity index (χ3n) is 2.11. The standard InChI is InChI=1S/C11H16O4S/c1-7(6-12)16-8(2)9-4-5-10(15-9)11(13)14-3/h4-5,7-8,12H,6H2,1-3H3. The van der Waals surface area contributed by atoms with Gasteiger partial charge in [-0.05, 0) is 19.1 Å². The van der Waals surface area contributed by atoms with Crippen LogP contribution in [0, 0.1) is 0 Å². The van der Waals surface area contributed by atoms with E-state index in [-0.39, 0.29) is 22.9 Å². The van der Waals surface area contributed by atoms with E-state index >= 15 is 0 Å². The zero-order valence-electron chi connectivity index (χ0n) is 9.60. The minimum atomic E-state index is -0.473. The number of methoxy groups -OCH3 is 1. The normalized spacial score (nSPS) is 14.5. The predicted molar refractivity (Wildman–Crippen MR) is 62.6 cm³/mol. The lowest BCUT2D eigenvalue weighted by Crippen LogP contribution is -2.04. The van der Waals surface area contributed by atoms with Gasteiger partial charge in [0.1, 0.15) is 5.76 Å². The predicted octanol–water partition coefficient (Wildman–Crippen LogP) is 2.24. The largest absolute Gasteiger partial charge is 0.463 e. The van der Waals surface area contributed by atoms with E-state index in [0.29, 0.717) is 5.76 Å². The molecule has 0 aliphatic heterocycles. The fourth-order valence-electron chi connectivity index (χ4n) is 1.24. The van der Waals surface area contributed by atoms with E-state index in [1.54, 1.807) is 23.9 Å². The number of furan rings is 1. The third-order valence-corrected chi connectivity index (χ3v) is 3.36. The molecule has 2 unspecified atom stereocenters.